The standard InChI is InChI=1S/C8H16N2O/c1-5-8(11)9(4)10(6-2)7-3/h5H,1,6-7H2,2-4H3. The first-order valence-corrected chi connectivity index (χ1v) is 3.82. The van der Waals surface area contributed by atoms with Crippen LogP contribution in [0.1, 0.15) is 13.8 Å². The molecule has 0 saturated heterocycles. The number of likely N-dealkylation sites (N-methyl/N-ethyl adjacent to an activating group) is 1. The smallest absolute Gasteiger partial charge is 0.260 e. The highest BCUT2D eigenvalue weighted by Gasteiger charge is 2.09. The lowest BCUT2D eigenvalue weighted by Gasteiger charge is -2.28. The maximum Gasteiger partial charge on any atom is 0.260 e. The van der Waals surface area contributed by atoms with E-state index in [4.69, 9.17) is 0 Å². The largest absolute Gasteiger partial charge is 0.275 e. The Morgan fingerprint density at radius 2 is 1.91 bits per heavy atom. The summed E-state index contributed by atoms with van der Waals surface area (Å²) in [6, 6.07) is 0. The average Bonchev–Trinajstić information content (AvgIpc) is 2.05. The number of hydrazine groups is 1. The van der Waals surface area contributed by atoms with Crippen LogP contribution in [0.3, 0.4) is 0 Å². The Balaban J connectivity index is 4.07. The Bertz CT molecular complexity index is 141. The molecular weight excluding hydrogens is 140 g/mol. The highest BCUT2D eigenvalue weighted by Crippen LogP contribution is 1.94. The van der Waals surface area contributed by atoms with Crippen molar-refractivity contribution in [3.05, 3.63) is 12.7 Å². The molecule has 0 aliphatic rings. The molecule has 11 heavy (non-hydrogen) atoms. The van der Waals surface area contributed by atoms with E-state index < -0.39 is 0 Å². The van der Waals surface area contributed by atoms with Crippen molar-refractivity contribution < 1.29 is 4.79 Å². The molecule has 0 radical (unpaired) electrons. The monoisotopic (exact) mass is 156 g/mol. The number of carbonyl (C=O) groups is 1. The predicted octanol–water partition coefficient (Wildman–Crippen LogP) is 0.888. The van der Waals surface area contributed by atoms with Gasteiger partial charge in [-0.1, -0.05) is 20.4 Å². The Hall–Kier alpha value is -0.830. The molecular formula is C8H16N2O. The second-order valence-corrected chi connectivity index (χ2v) is 2.20. The summed E-state index contributed by atoms with van der Waals surface area (Å²) in [7, 11) is 1.75. The molecule has 0 unspecified atom stereocenters. The zero-order valence-corrected chi connectivity index (χ0v) is 7.50. The van der Waals surface area contributed by atoms with Crippen LogP contribution in [0.15, 0.2) is 12.7 Å². The second-order valence-electron chi connectivity index (χ2n) is 2.20. The summed E-state index contributed by atoms with van der Waals surface area (Å²) in [5, 5.41) is 3.51. The fraction of sp³-hybridized carbons (Fsp3) is 0.625. The molecule has 0 bridgehead atoms. The van der Waals surface area contributed by atoms with Crippen molar-refractivity contribution >= 4 is 5.91 Å². The van der Waals surface area contributed by atoms with Crippen LogP contribution < -0.4 is 0 Å². The van der Waals surface area contributed by atoms with Crippen LogP contribution in [0.4, 0.5) is 0 Å². The van der Waals surface area contributed by atoms with Gasteiger partial charge in [-0.15, -0.1) is 0 Å². The van der Waals surface area contributed by atoms with Gasteiger partial charge in [0, 0.05) is 20.1 Å². The first-order chi connectivity index (χ1) is 5.17. The normalized spacial score (nSPS) is 9.82. The molecule has 0 aliphatic carbocycles. The summed E-state index contributed by atoms with van der Waals surface area (Å²) in [5.74, 6) is -0.0614. The van der Waals surface area contributed by atoms with E-state index >= 15 is 0 Å². The Labute approximate surface area is 68.3 Å². The topological polar surface area (TPSA) is 23.6 Å². The number of amides is 1. The minimum Gasteiger partial charge on any atom is -0.275 e. The minimum atomic E-state index is -0.0614. The number of rotatable bonds is 4. The Kier molecular flexibility index (Phi) is 4.54. The predicted molar refractivity (Wildman–Crippen MR) is 45.9 cm³/mol. The summed E-state index contributed by atoms with van der Waals surface area (Å²) >= 11 is 0. The van der Waals surface area contributed by atoms with E-state index in [-0.39, 0.29) is 5.91 Å². The number of nitrogens with zero attached hydrogens (tertiary/aromatic N) is 2. The van der Waals surface area contributed by atoms with Crippen molar-refractivity contribution in [2.45, 2.75) is 13.8 Å². The van der Waals surface area contributed by atoms with Gasteiger partial charge in [0.1, 0.15) is 0 Å². The molecule has 0 fully saturated rings. The lowest BCUT2D eigenvalue weighted by atomic mass is 10.5. The molecule has 0 aromatic heterocycles. The molecule has 0 rings (SSSR count). The third kappa shape index (κ3) is 2.72. The average molecular weight is 156 g/mol. The third-order valence-electron chi connectivity index (χ3n) is 1.65. The molecule has 1 amide bonds. The molecule has 0 saturated carbocycles. The van der Waals surface area contributed by atoms with Crippen LogP contribution in [0.5, 0.6) is 0 Å². The van der Waals surface area contributed by atoms with E-state index in [1.165, 1.54) is 6.08 Å². The molecule has 0 aliphatic heterocycles. The van der Waals surface area contributed by atoms with Crippen molar-refractivity contribution in [3.8, 4) is 0 Å². The summed E-state index contributed by atoms with van der Waals surface area (Å²) in [6.45, 7) is 9.12. The first-order valence-electron chi connectivity index (χ1n) is 3.82. The zero-order chi connectivity index (χ0) is 8.85. The van der Waals surface area contributed by atoms with E-state index in [1.807, 2.05) is 18.9 Å². The molecule has 3 nitrogen and oxygen atoms in total. The molecule has 64 valence electrons. The van der Waals surface area contributed by atoms with Gasteiger partial charge >= 0.3 is 0 Å². The Morgan fingerprint density at radius 1 is 1.45 bits per heavy atom. The SMILES string of the molecule is C=CC(=O)N(C)N(CC)CC. The highest BCUT2D eigenvalue weighted by atomic mass is 16.2. The van der Waals surface area contributed by atoms with E-state index in [9.17, 15) is 4.79 Å². The van der Waals surface area contributed by atoms with Crippen molar-refractivity contribution in [3.63, 3.8) is 0 Å². The fourth-order valence-corrected chi connectivity index (χ4v) is 0.919. The van der Waals surface area contributed by atoms with Gasteiger partial charge in [-0.2, -0.15) is 0 Å². The van der Waals surface area contributed by atoms with Crippen LogP contribution in [-0.4, -0.2) is 36.1 Å². The summed E-state index contributed by atoms with van der Waals surface area (Å²) in [6.07, 6.45) is 1.32. The first kappa shape index (κ1) is 10.2. The van der Waals surface area contributed by atoms with E-state index in [0.29, 0.717) is 0 Å². The number of hydrogen-bond acceptors (Lipinski definition) is 2. The summed E-state index contributed by atoms with van der Waals surface area (Å²) < 4.78 is 0. The third-order valence-corrected chi connectivity index (χ3v) is 1.65. The van der Waals surface area contributed by atoms with Crippen molar-refractivity contribution in [1.82, 2.24) is 10.0 Å². The van der Waals surface area contributed by atoms with Gasteiger partial charge in [0.25, 0.3) is 5.91 Å². The van der Waals surface area contributed by atoms with Gasteiger partial charge in [0.2, 0.25) is 0 Å². The molecule has 0 spiro atoms. The van der Waals surface area contributed by atoms with Gasteiger partial charge in [0.15, 0.2) is 0 Å². The van der Waals surface area contributed by atoms with Crippen LogP contribution in [0, 0.1) is 0 Å². The summed E-state index contributed by atoms with van der Waals surface area (Å²) in [4.78, 5) is 11.0. The second kappa shape index (κ2) is 4.91. The lowest BCUT2D eigenvalue weighted by molar-refractivity contribution is -0.139. The molecule has 0 aromatic rings. The van der Waals surface area contributed by atoms with Crippen molar-refractivity contribution in [1.29, 1.82) is 0 Å². The molecule has 3 heteroatoms. The maximum atomic E-state index is 11.0. The van der Waals surface area contributed by atoms with Gasteiger partial charge in [0.05, 0.1) is 0 Å². The van der Waals surface area contributed by atoms with Gasteiger partial charge in [-0.3, -0.25) is 9.80 Å². The van der Waals surface area contributed by atoms with Crippen molar-refractivity contribution in [2.24, 2.45) is 0 Å². The molecule has 0 atom stereocenters. The zero-order valence-electron chi connectivity index (χ0n) is 7.50. The quantitative estimate of drug-likeness (QED) is 0.446. The van der Waals surface area contributed by atoms with Crippen LogP contribution in [0.2, 0.25) is 0 Å². The highest BCUT2D eigenvalue weighted by molar-refractivity contribution is 5.86. The van der Waals surface area contributed by atoms with E-state index in [1.54, 1.807) is 12.1 Å². The lowest BCUT2D eigenvalue weighted by Crippen LogP contribution is -2.42. The van der Waals surface area contributed by atoms with E-state index in [0.717, 1.165) is 13.1 Å². The maximum absolute atomic E-state index is 11.0. The van der Waals surface area contributed by atoms with Crippen LogP contribution in [-0.2, 0) is 4.79 Å². The van der Waals surface area contributed by atoms with Gasteiger partial charge < -0.3 is 0 Å². The molecule has 0 aromatic carbocycles. The molecule has 0 N–H and O–H groups in total. The van der Waals surface area contributed by atoms with E-state index in [2.05, 4.69) is 6.58 Å². The summed E-state index contributed by atoms with van der Waals surface area (Å²) in [5.41, 5.74) is 0. The minimum absolute atomic E-state index is 0.0614. The Morgan fingerprint density at radius 3 is 2.18 bits per heavy atom. The van der Waals surface area contributed by atoms with Gasteiger partial charge in [-0.25, -0.2) is 5.01 Å². The number of hydrogen-bond donors (Lipinski definition) is 0. The van der Waals surface area contributed by atoms with Crippen LogP contribution in [0.25, 0.3) is 0 Å². The van der Waals surface area contributed by atoms with Crippen molar-refractivity contribution in [2.75, 3.05) is 20.1 Å². The number of carbonyl (C=O) groups excluding carboxylic acids is 1. The van der Waals surface area contributed by atoms with Gasteiger partial charge in [-0.05, 0) is 6.08 Å². The molecule has 0 heterocycles. The fourth-order valence-electron chi connectivity index (χ4n) is 0.919. The van der Waals surface area contributed by atoms with Crippen LogP contribution >= 0.6 is 0 Å².